The molecule has 1 fully saturated rings. The number of methoxy groups -OCH3 is 1. The zero-order valence-electron chi connectivity index (χ0n) is 24.3. The molecule has 1 N–H and O–H groups in total. The Morgan fingerprint density at radius 2 is 1.74 bits per heavy atom. The number of carbonyl (C=O) groups is 2. The van der Waals surface area contributed by atoms with E-state index in [0.717, 1.165) is 30.4 Å². The molecule has 8 nitrogen and oxygen atoms in total. The van der Waals surface area contributed by atoms with E-state index in [1.807, 2.05) is 6.92 Å². The van der Waals surface area contributed by atoms with Crippen LogP contribution in [-0.4, -0.2) is 42.1 Å². The second-order valence-electron chi connectivity index (χ2n) is 10.1. The number of aliphatic hydroxyl groups is 1. The van der Waals surface area contributed by atoms with E-state index in [1.54, 1.807) is 60.7 Å². The second-order valence-corrected chi connectivity index (χ2v) is 11.6. The van der Waals surface area contributed by atoms with Crippen LogP contribution in [0, 0.1) is 0 Å². The summed E-state index contributed by atoms with van der Waals surface area (Å²) in [7, 11) is 1.54. The summed E-state index contributed by atoms with van der Waals surface area (Å²) in [5.74, 6) is -0.258. The molecule has 0 aliphatic carbocycles. The highest BCUT2D eigenvalue weighted by Crippen LogP contribution is 2.46. The van der Waals surface area contributed by atoms with Gasteiger partial charge in [-0.3, -0.25) is 14.5 Å². The van der Waals surface area contributed by atoms with Gasteiger partial charge in [-0.05, 0) is 73.0 Å². The molecule has 10 heteroatoms. The van der Waals surface area contributed by atoms with Crippen LogP contribution >= 0.6 is 22.9 Å². The number of hydrogen-bond donors (Lipinski definition) is 1. The number of aromatic nitrogens is 1. The molecule has 1 amide bonds. The average molecular weight is 621 g/mol. The van der Waals surface area contributed by atoms with E-state index in [2.05, 4.69) is 11.9 Å². The van der Waals surface area contributed by atoms with Gasteiger partial charge >= 0.3 is 5.91 Å². The predicted octanol–water partition coefficient (Wildman–Crippen LogP) is 7.94. The van der Waals surface area contributed by atoms with Gasteiger partial charge in [-0.15, -0.1) is 0 Å². The van der Waals surface area contributed by atoms with Crippen LogP contribution in [-0.2, 0) is 9.59 Å². The minimum absolute atomic E-state index is 0.0526. The zero-order chi connectivity index (χ0) is 30.5. The molecule has 1 aliphatic rings. The molecule has 0 radical (unpaired) electrons. The van der Waals surface area contributed by atoms with Crippen LogP contribution < -0.4 is 19.1 Å². The minimum Gasteiger partial charge on any atom is -0.507 e. The van der Waals surface area contributed by atoms with Gasteiger partial charge in [0, 0.05) is 10.6 Å². The van der Waals surface area contributed by atoms with Crippen molar-refractivity contribution in [3.05, 3.63) is 82.4 Å². The molecule has 2 heterocycles. The molecule has 1 aliphatic heterocycles. The van der Waals surface area contributed by atoms with Crippen LogP contribution in [0.3, 0.4) is 0 Å². The Labute approximate surface area is 259 Å². The first-order valence-corrected chi connectivity index (χ1v) is 15.5. The van der Waals surface area contributed by atoms with Gasteiger partial charge in [-0.2, -0.15) is 0 Å². The third-order valence-corrected chi connectivity index (χ3v) is 8.35. The molecule has 43 heavy (non-hydrogen) atoms. The lowest BCUT2D eigenvalue weighted by Crippen LogP contribution is -2.29. The Morgan fingerprint density at radius 1 is 0.953 bits per heavy atom. The van der Waals surface area contributed by atoms with Gasteiger partial charge in [0.05, 0.1) is 42.2 Å². The normalized spacial score (nSPS) is 16.2. The first-order valence-electron chi connectivity index (χ1n) is 14.3. The lowest BCUT2D eigenvalue weighted by molar-refractivity contribution is -0.132. The van der Waals surface area contributed by atoms with Crippen LogP contribution in [0.2, 0.25) is 5.02 Å². The Morgan fingerprint density at radius 3 is 2.47 bits per heavy atom. The van der Waals surface area contributed by atoms with Crippen molar-refractivity contribution in [1.29, 1.82) is 0 Å². The van der Waals surface area contributed by atoms with Crippen molar-refractivity contribution in [2.24, 2.45) is 0 Å². The number of anilines is 1. The molecule has 1 saturated heterocycles. The smallest absolute Gasteiger partial charge is 0.301 e. The van der Waals surface area contributed by atoms with E-state index < -0.39 is 17.7 Å². The van der Waals surface area contributed by atoms with Gasteiger partial charge < -0.3 is 19.3 Å². The lowest BCUT2D eigenvalue weighted by Gasteiger charge is -2.24. The van der Waals surface area contributed by atoms with Crippen molar-refractivity contribution in [3.63, 3.8) is 0 Å². The van der Waals surface area contributed by atoms with Crippen molar-refractivity contribution >= 4 is 55.7 Å². The number of Topliss-reactive ketones (excluding diaryl/α,β-unsaturated/α-hetero) is 1. The number of unbranched alkanes of at least 4 members (excludes halogenated alkanes) is 2. The number of rotatable bonds is 12. The number of nitrogens with zero attached hydrogens (tertiary/aromatic N) is 2. The number of amides is 1. The van der Waals surface area contributed by atoms with Crippen molar-refractivity contribution in [3.8, 4) is 17.2 Å². The molecule has 1 aromatic heterocycles. The number of ether oxygens (including phenoxy) is 3. The fourth-order valence-electron chi connectivity index (χ4n) is 4.93. The molecule has 5 rings (SSSR count). The fraction of sp³-hybridized carbons (Fsp3) is 0.303. The maximum Gasteiger partial charge on any atom is 0.301 e. The summed E-state index contributed by atoms with van der Waals surface area (Å²) in [6.07, 6.45) is 3.89. The van der Waals surface area contributed by atoms with Crippen molar-refractivity contribution in [2.75, 3.05) is 25.2 Å². The van der Waals surface area contributed by atoms with Gasteiger partial charge in [-0.1, -0.05) is 55.7 Å². The standard InChI is InChI=1S/C33H33ClN2O6S/c1-4-6-7-17-42-25-15-10-21(18-26(25)40-3)29-28(30(37)20-8-12-23(13-9-20)41-16-5-2)31(38)32(39)36(29)33-35-24-14-11-22(34)19-27(24)43-33/h8-15,18-19,29,37H,4-7,16-17H2,1-3H3. The van der Waals surface area contributed by atoms with E-state index in [-0.39, 0.29) is 11.3 Å². The summed E-state index contributed by atoms with van der Waals surface area (Å²) in [6, 6.07) is 16.3. The molecule has 3 aromatic carbocycles. The van der Waals surface area contributed by atoms with E-state index in [1.165, 1.54) is 23.3 Å². The van der Waals surface area contributed by atoms with Crippen molar-refractivity contribution in [1.82, 2.24) is 4.98 Å². The maximum absolute atomic E-state index is 13.7. The Bertz CT molecular complexity index is 1670. The Hall–Kier alpha value is -4.08. The zero-order valence-corrected chi connectivity index (χ0v) is 25.8. The summed E-state index contributed by atoms with van der Waals surface area (Å²) < 4.78 is 18.0. The third-order valence-electron chi connectivity index (χ3n) is 7.10. The molecular weight excluding hydrogens is 588 g/mol. The minimum atomic E-state index is -0.977. The van der Waals surface area contributed by atoms with Crippen LogP contribution in [0.4, 0.5) is 5.13 Å². The van der Waals surface area contributed by atoms with E-state index >= 15 is 0 Å². The number of aliphatic hydroxyl groups excluding tert-OH is 1. The molecule has 224 valence electrons. The number of halogens is 1. The first-order chi connectivity index (χ1) is 20.9. The fourth-order valence-corrected chi connectivity index (χ4v) is 6.19. The molecule has 1 atom stereocenters. The predicted molar refractivity (Wildman–Crippen MR) is 170 cm³/mol. The van der Waals surface area contributed by atoms with Gasteiger partial charge in [0.15, 0.2) is 16.6 Å². The van der Waals surface area contributed by atoms with Crippen molar-refractivity contribution in [2.45, 2.75) is 45.6 Å². The monoisotopic (exact) mass is 620 g/mol. The van der Waals surface area contributed by atoms with Gasteiger partial charge in [-0.25, -0.2) is 4.98 Å². The molecular formula is C33H33ClN2O6S. The SMILES string of the molecule is CCCCCOc1ccc(C2C(=C(O)c3ccc(OCCC)cc3)C(=O)C(=O)N2c2nc3ccc(Cl)cc3s2)cc1OC. The summed E-state index contributed by atoms with van der Waals surface area (Å²) in [6.45, 7) is 5.23. The quantitative estimate of drug-likeness (QED) is 0.0743. The van der Waals surface area contributed by atoms with Crippen LogP contribution in [0.15, 0.2) is 66.2 Å². The summed E-state index contributed by atoms with van der Waals surface area (Å²) >= 11 is 7.45. The van der Waals surface area contributed by atoms with Crippen LogP contribution in [0.5, 0.6) is 17.2 Å². The van der Waals surface area contributed by atoms with Gasteiger partial charge in [0.1, 0.15) is 11.5 Å². The number of fused-ring (bicyclic) bond motifs is 1. The average Bonchev–Trinajstić information content (AvgIpc) is 3.55. The second kappa shape index (κ2) is 13.5. The number of ketones is 1. The summed E-state index contributed by atoms with van der Waals surface area (Å²) in [5, 5.41) is 12.4. The van der Waals surface area contributed by atoms with Crippen LogP contribution in [0.1, 0.15) is 56.7 Å². The lowest BCUT2D eigenvalue weighted by atomic mass is 9.95. The molecule has 0 bridgehead atoms. The first kappa shape index (κ1) is 30.4. The molecule has 0 saturated carbocycles. The largest absolute Gasteiger partial charge is 0.507 e. The maximum atomic E-state index is 13.7. The number of carbonyl (C=O) groups excluding carboxylic acids is 2. The van der Waals surface area contributed by atoms with Gasteiger partial charge in [0.2, 0.25) is 0 Å². The third kappa shape index (κ3) is 6.33. The Balaban J connectivity index is 1.62. The van der Waals surface area contributed by atoms with E-state index in [0.29, 0.717) is 57.3 Å². The van der Waals surface area contributed by atoms with Gasteiger partial charge in [0.25, 0.3) is 5.78 Å². The highest BCUT2D eigenvalue weighted by molar-refractivity contribution is 7.22. The number of thiazole rings is 1. The summed E-state index contributed by atoms with van der Waals surface area (Å²) in [5.41, 5.74) is 1.52. The molecule has 4 aromatic rings. The topological polar surface area (TPSA) is 98.2 Å². The highest BCUT2D eigenvalue weighted by atomic mass is 35.5. The number of hydrogen-bond acceptors (Lipinski definition) is 8. The molecule has 0 spiro atoms. The summed E-state index contributed by atoms with van der Waals surface area (Å²) in [4.78, 5) is 33.3. The van der Waals surface area contributed by atoms with Crippen molar-refractivity contribution < 1.29 is 28.9 Å². The van der Waals surface area contributed by atoms with E-state index in [4.69, 9.17) is 25.8 Å². The molecule has 1 unspecified atom stereocenters. The van der Waals surface area contributed by atoms with E-state index in [9.17, 15) is 14.7 Å². The van der Waals surface area contributed by atoms with Crippen LogP contribution in [0.25, 0.3) is 16.0 Å². The highest BCUT2D eigenvalue weighted by Gasteiger charge is 2.48. The Kier molecular flexibility index (Phi) is 9.52. The number of benzene rings is 3.